The van der Waals surface area contributed by atoms with Crippen LogP contribution in [0.25, 0.3) is 16.9 Å². The highest BCUT2D eigenvalue weighted by atomic mass is 16.1. The Balaban J connectivity index is 2.34. The third-order valence-corrected chi connectivity index (χ3v) is 2.95. The molecular weight excluding hydrogens is 228 g/mol. The van der Waals surface area contributed by atoms with Crippen molar-refractivity contribution in [2.24, 2.45) is 0 Å². The number of nitrogens with one attached hydrogen (secondary N) is 1. The zero-order chi connectivity index (χ0) is 12.7. The Labute approximate surface area is 103 Å². The molecule has 0 spiro atoms. The van der Waals surface area contributed by atoms with Gasteiger partial charge in [-0.05, 0) is 42.8 Å². The Morgan fingerprint density at radius 2 is 2.17 bits per heavy atom. The Morgan fingerprint density at radius 1 is 1.33 bits per heavy atom. The highest BCUT2D eigenvalue weighted by Gasteiger charge is 2.09. The van der Waals surface area contributed by atoms with Crippen LogP contribution >= 0.6 is 0 Å². The Kier molecular flexibility index (Phi) is 2.19. The van der Waals surface area contributed by atoms with Crippen LogP contribution in [-0.2, 0) is 0 Å². The molecule has 0 bridgehead atoms. The number of hydrogen-bond donors (Lipinski definition) is 2. The van der Waals surface area contributed by atoms with E-state index in [-0.39, 0.29) is 5.69 Å². The van der Waals surface area contributed by atoms with Crippen LogP contribution in [0, 0.1) is 6.92 Å². The van der Waals surface area contributed by atoms with Crippen molar-refractivity contribution in [1.29, 1.82) is 0 Å². The summed E-state index contributed by atoms with van der Waals surface area (Å²) in [5, 5.41) is 0. The number of aryl methyl sites for hydroxylation is 1. The van der Waals surface area contributed by atoms with Gasteiger partial charge in [0.1, 0.15) is 0 Å². The minimum Gasteiger partial charge on any atom is -0.399 e. The molecule has 0 saturated carbocycles. The minimum atomic E-state index is -0.201. The predicted molar refractivity (Wildman–Crippen MR) is 70.8 cm³/mol. The number of rotatable bonds is 1. The lowest BCUT2D eigenvalue weighted by molar-refractivity contribution is 0.998. The van der Waals surface area contributed by atoms with Gasteiger partial charge >= 0.3 is 5.69 Å². The number of nitrogens with zero attached hydrogens (tertiary/aromatic N) is 2. The largest absolute Gasteiger partial charge is 0.399 e. The maximum Gasteiger partial charge on any atom is 0.332 e. The molecule has 18 heavy (non-hydrogen) atoms. The van der Waals surface area contributed by atoms with Crippen LogP contribution in [0.4, 0.5) is 5.69 Å². The number of pyridine rings is 1. The highest BCUT2D eigenvalue weighted by Crippen LogP contribution is 2.17. The molecule has 0 saturated heterocycles. The van der Waals surface area contributed by atoms with Gasteiger partial charge in [-0.2, -0.15) is 0 Å². The average molecular weight is 240 g/mol. The molecule has 3 aromatic rings. The van der Waals surface area contributed by atoms with E-state index >= 15 is 0 Å². The van der Waals surface area contributed by atoms with E-state index in [2.05, 4.69) is 9.97 Å². The molecule has 0 fully saturated rings. The van der Waals surface area contributed by atoms with Gasteiger partial charge < -0.3 is 10.7 Å². The van der Waals surface area contributed by atoms with Gasteiger partial charge in [0.15, 0.2) is 5.65 Å². The molecule has 0 aliphatic rings. The number of imidazole rings is 1. The molecule has 0 aliphatic carbocycles. The molecular formula is C13H12N4O. The summed E-state index contributed by atoms with van der Waals surface area (Å²) in [7, 11) is 0. The summed E-state index contributed by atoms with van der Waals surface area (Å²) in [5.74, 6) is 0. The van der Waals surface area contributed by atoms with Gasteiger partial charge in [-0.1, -0.05) is 0 Å². The zero-order valence-corrected chi connectivity index (χ0v) is 9.84. The van der Waals surface area contributed by atoms with Crippen LogP contribution in [0.1, 0.15) is 5.56 Å². The molecule has 0 atom stereocenters. The number of aromatic nitrogens is 3. The monoisotopic (exact) mass is 240 g/mol. The fourth-order valence-corrected chi connectivity index (χ4v) is 1.98. The topological polar surface area (TPSA) is 76.7 Å². The molecule has 2 heterocycles. The lowest BCUT2D eigenvalue weighted by atomic mass is 10.2. The lowest BCUT2D eigenvalue weighted by Crippen LogP contribution is -2.15. The minimum absolute atomic E-state index is 0.201. The van der Waals surface area contributed by atoms with Crippen molar-refractivity contribution in [2.45, 2.75) is 6.92 Å². The second-order valence-electron chi connectivity index (χ2n) is 4.18. The molecule has 0 amide bonds. The summed E-state index contributed by atoms with van der Waals surface area (Å²) in [6.45, 7) is 1.91. The Hall–Kier alpha value is -2.56. The molecule has 0 unspecified atom stereocenters. The molecule has 1 aromatic carbocycles. The van der Waals surface area contributed by atoms with Gasteiger partial charge in [0.05, 0.1) is 11.2 Å². The smallest absolute Gasteiger partial charge is 0.332 e. The number of nitrogens with two attached hydrogens (primary N) is 1. The normalized spacial score (nSPS) is 10.9. The first-order valence-corrected chi connectivity index (χ1v) is 5.59. The van der Waals surface area contributed by atoms with Crippen molar-refractivity contribution in [3.63, 3.8) is 0 Å². The van der Waals surface area contributed by atoms with Gasteiger partial charge in [0, 0.05) is 11.9 Å². The number of H-pyrrole nitrogens is 1. The van der Waals surface area contributed by atoms with E-state index in [9.17, 15) is 4.79 Å². The van der Waals surface area contributed by atoms with Crippen LogP contribution < -0.4 is 11.4 Å². The SMILES string of the molecule is Cc1cc(-n2c(=O)[nH]c3cccnc32)ccc1N. The van der Waals surface area contributed by atoms with Gasteiger partial charge in [-0.25, -0.2) is 14.3 Å². The predicted octanol–water partition coefficient (Wildman–Crippen LogP) is 1.60. The molecule has 5 heteroatoms. The molecule has 5 nitrogen and oxygen atoms in total. The van der Waals surface area contributed by atoms with Gasteiger partial charge in [0.25, 0.3) is 0 Å². The first-order valence-electron chi connectivity index (χ1n) is 5.59. The van der Waals surface area contributed by atoms with E-state index in [0.717, 1.165) is 16.8 Å². The van der Waals surface area contributed by atoms with E-state index in [1.54, 1.807) is 22.9 Å². The maximum absolute atomic E-state index is 12.0. The summed E-state index contributed by atoms with van der Waals surface area (Å²) in [6.07, 6.45) is 1.66. The number of anilines is 1. The van der Waals surface area contributed by atoms with E-state index in [1.807, 2.05) is 25.1 Å². The van der Waals surface area contributed by atoms with Crippen molar-refractivity contribution in [3.05, 3.63) is 52.6 Å². The molecule has 2 aromatic heterocycles. The molecule has 90 valence electrons. The standard InChI is InChI=1S/C13H12N4O/c1-8-7-9(4-5-10(8)14)17-12-11(16-13(17)18)3-2-6-15-12/h2-7H,14H2,1H3,(H,16,18). The van der Waals surface area contributed by atoms with Crippen LogP contribution in [0.5, 0.6) is 0 Å². The number of hydrogen-bond acceptors (Lipinski definition) is 3. The van der Waals surface area contributed by atoms with Crippen LogP contribution in [0.2, 0.25) is 0 Å². The maximum atomic E-state index is 12.0. The zero-order valence-electron chi connectivity index (χ0n) is 9.84. The fourth-order valence-electron chi connectivity index (χ4n) is 1.98. The number of nitrogen functional groups attached to an aromatic ring is 1. The van der Waals surface area contributed by atoms with E-state index < -0.39 is 0 Å². The summed E-state index contributed by atoms with van der Waals surface area (Å²) < 4.78 is 1.54. The average Bonchev–Trinajstić information content (AvgIpc) is 2.69. The number of aromatic amines is 1. The molecule has 3 N–H and O–H groups in total. The molecule has 0 aliphatic heterocycles. The lowest BCUT2D eigenvalue weighted by Gasteiger charge is -2.05. The van der Waals surface area contributed by atoms with Crippen molar-refractivity contribution in [2.75, 3.05) is 5.73 Å². The van der Waals surface area contributed by atoms with E-state index in [1.165, 1.54) is 0 Å². The van der Waals surface area contributed by atoms with Crippen LogP contribution in [-0.4, -0.2) is 14.5 Å². The van der Waals surface area contributed by atoms with Gasteiger partial charge in [0.2, 0.25) is 0 Å². The summed E-state index contributed by atoms with van der Waals surface area (Å²) in [6, 6.07) is 9.09. The third kappa shape index (κ3) is 1.48. The van der Waals surface area contributed by atoms with Crippen molar-refractivity contribution < 1.29 is 0 Å². The highest BCUT2D eigenvalue weighted by molar-refractivity contribution is 5.72. The quantitative estimate of drug-likeness (QED) is 0.634. The Morgan fingerprint density at radius 3 is 2.94 bits per heavy atom. The second kappa shape index (κ2) is 3.73. The number of benzene rings is 1. The van der Waals surface area contributed by atoms with E-state index in [4.69, 9.17) is 5.73 Å². The molecule has 3 rings (SSSR count). The van der Waals surface area contributed by atoms with Crippen LogP contribution in [0.3, 0.4) is 0 Å². The van der Waals surface area contributed by atoms with Crippen molar-refractivity contribution in [3.8, 4) is 5.69 Å². The van der Waals surface area contributed by atoms with Crippen molar-refractivity contribution in [1.82, 2.24) is 14.5 Å². The van der Waals surface area contributed by atoms with E-state index in [0.29, 0.717) is 11.3 Å². The van der Waals surface area contributed by atoms with Crippen LogP contribution in [0.15, 0.2) is 41.3 Å². The third-order valence-electron chi connectivity index (χ3n) is 2.95. The summed E-state index contributed by atoms with van der Waals surface area (Å²) in [4.78, 5) is 19.0. The summed E-state index contributed by atoms with van der Waals surface area (Å²) >= 11 is 0. The first-order chi connectivity index (χ1) is 8.66. The summed E-state index contributed by atoms with van der Waals surface area (Å²) in [5.41, 5.74) is 9.32. The Bertz CT molecular complexity index is 785. The fraction of sp³-hybridized carbons (Fsp3) is 0.0769. The first kappa shape index (κ1) is 10.6. The van der Waals surface area contributed by atoms with Crippen molar-refractivity contribution >= 4 is 16.9 Å². The number of fused-ring (bicyclic) bond motifs is 1. The van der Waals surface area contributed by atoms with Gasteiger partial charge in [-0.15, -0.1) is 0 Å². The van der Waals surface area contributed by atoms with Gasteiger partial charge in [-0.3, -0.25) is 0 Å². The second-order valence-corrected chi connectivity index (χ2v) is 4.18. The molecule has 0 radical (unpaired) electrons.